The monoisotopic (exact) mass is 563 g/mol. The van der Waals surface area contributed by atoms with E-state index in [9.17, 15) is 19.2 Å². The number of carbonyl (C=O) groups is 4. The van der Waals surface area contributed by atoms with Crippen molar-refractivity contribution in [2.24, 2.45) is 5.10 Å². The largest absolute Gasteiger partial charge is 0.493 e. The van der Waals surface area contributed by atoms with Gasteiger partial charge in [0.1, 0.15) is 5.00 Å². The summed E-state index contributed by atoms with van der Waals surface area (Å²) in [7, 11) is 1.43. The van der Waals surface area contributed by atoms with E-state index in [4.69, 9.17) is 14.2 Å². The molecule has 1 heterocycles. The number of methoxy groups -OCH3 is 1. The lowest BCUT2D eigenvalue weighted by molar-refractivity contribution is -0.136. The Morgan fingerprint density at radius 3 is 2.45 bits per heavy atom. The van der Waals surface area contributed by atoms with Crippen LogP contribution in [0.4, 0.5) is 5.00 Å². The number of ether oxygens (including phenoxy) is 3. The molecule has 2 aromatic carbocycles. The van der Waals surface area contributed by atoms with Crippen molar-refractivity contribution in [3.05, 3.63) is 75.2 Å². The number of nitrogens with one attached hydrogen (secondary N) is 2. The summed E-state index contributed by atoms with van der Waals surface area (Å²) in [4.78, 5) is 51.0. The fourth-order valence-electron chi connectivity index (χ4n) is 4.15. The van der Waals surface area contributed by atoms with E-state index in [-0.39, 0.29) is 18.1 Å². The number of hydrazone groups is 1. The van der Waals surface area contributed by atoms with Crippen LogP contribution < -0.4 is 20.2 Å². The van der Waals surface area contributed by atoms with Crippen molar-refractivity contribution >= 4 is 46.3 Å². The van der Waals surface area contributed by atoms with Gasteiger partial charge in [-0.15, -0.1) is 11.3 Å². The molecule has 0 unspecified atom stereocenters. The first-order chi connectivity index (χ1) is 19.3. The molecule has 0 bridgehead atoms. The van der Waals surface area contributed by atoms with Gasteiger partial charge in [0, 0.05) is 4.88 Å². The Morgan fingerprint density at radius 2 is 1.73 bits per heavy atom. The van der Waals surface area contributed by atoms with Gasteiger partial charge in [-0.1, -0.05) is 17.7 Å². The zero-order chi connectivity index (χ0) is 28.6. The highest BCUT2D eigenvalue weighted by atomic mass is 32.1. The molecular formula is C29H29N3O7S. The molecule has 0 spiro atoms. The summed E-state index contributed by atoms with van der Waals surface area (Å²) in [5, 5.41) is 6.68. The van der Waals surface area contributed by atoms with Crippen molar-refractivity contribution in [2.45, 2.75) is 39.5 Å². The number of fused-ring (bicyclic) bond motifs is 1. The minimum Gasteiger partial charge on any atom is -0.493 e. The topological polar surface area (TPSA) is 132 Å². The average molecular weight is 564 g/mol. The summed E-state index contributed by atoms with van der Waals surface area (Å²) in [6.45, 7) is 3.83. The van der Waals surface area contributed by atoms with Gasteiger partial charge in [0.15, 0.2) is 11.5 Å². The van der Waals surface area contributed by atoms with Crippen LogP contribution in [0.15, 0.2) is 47.6 Å². The van der Waals surface area contributed by atoms with E-state index >= 15 is 0 Å². The van der Waals surface area contributed by atoms with Crippen molar-refractivity contribution in [3.63, 3.8) is 0 Å². The quantitative estimate of drug-likeness (QED) is 0.136. The Morgan fingerprint density at radius 1 is 0.975 bits per heavy atom. The standard InChI is InChI=1S/C29H29N3O7S/c1-4-38-29(36)24-20-7-5-6-8-23(20)40-27(24)31-25(33)26(34)32-30-16-18-11-14-21(22(15-18)37-3)39-28(35)19-12-9-17(2)10-13-19/h9-16H,4-8H2,1-3H3,(H,31,33)(H,32,34)/b30-16-. The molecule has 3 aromatic rings. The van der Waals surface area contributed by atoms with E-state index in [1.807, 2.05) is 19.1 Å². The Hall–Kier alpha value is -4.51. The van der Waals surface area contributed by atoms with Crippen LogP contribution in [0, 0.1) is 6.92 Å². The molecule has 0 radical (unpaired) electrons. The lowest BCUT2D eigenvalue weighted by Gasteiger charge is -2.12. The third-order valence-electron chi connectivity index (χ3n) is 6.14. The van der Waals surface area contributed by atoms with Crippen LogP contribution in [-0.2, 0) is 27.2 Å². The first-order valence-corrected chi connectivity index (χ1v) is 13.5. The molecule has 2 amide bonds. The third-order valence-corrected chi connectivity index (χ3v) is 7.35. The van der Waals surface area contributed by atoms with E-state index in [1.54, 1.807) is 31.2 Å². The first kappa shape index (κ1) is 28.5. The zero-order valence-electron chi connectivity index (χ0n) is 22.4. The average Bonchev–Trinajstić information content (AvgIpc) is 3.31. The Kier molecular flexibility index (Phi) is 9.28. The lowest BCUT2D eigenvalue weighted by Crippen LogP contribution is -2.32. The molecule has 0 fully saturated rings. The third kappa shape index (κ3) is 6.73. The highest BCUT2D eigenvalue weighted by Crippen LogP contribution is 2.38. The first-order valence-electron chi connectivity index (χ1n) is 12.7. The molecule has 0 atom stereocenters. The number of aryl methyl sites for hydroxylation is 2. The predicted molar refractivity (Wildman–Crippen MR) is 150 cm³/mol. The summed E-state index contributed by atoms with van der Waals surface area (Å²) in [5.41, 5.74) is 5.32. The lowest BCUT2D eigenvalue weighted by atomic mass is 9.95. The summed E-state index contributed by atoms with van der Waals surface area (Å²) in [6.07, 6.45) is 4.79. The van der Waals surface area contributed by atoms with E-state index < -0.39 is 23.8 Å². The number of amides is 2. The maximum atomic E-state index is 12.6. The molecular weight excluding hydrogens is 534 g/mol. The molecule has 1 aliphatic rings. The molecule has 11 heteroatoms. The van der Waals surface area contributed by atoms with Gasteiger partial charge in [0.05, 0.1) is 31.1 Å². The summed E-state index contributed by atoms with van der Waals surface area (Å²) in [6, 6.07) is 11.7. The SMILES string of the molecule is CCOC(=O)c1c(NC(=O)C(=O)N/N=C\c2ccc(OC(=O)c3ccc(C)cc3)c(OC)c2)sc2c1CCCC2. The predicted octanol–water partition coefficient (Wildman–Crippen LogP) is 4.43. The normalized spacial score (nSPS) is 12.4. The van der Waals surface area contributed by atoms with Crippen molar-refractivity contribution in [1.29, 1.82) is 0 Å². The fourth-order valence-corrected chi connectivity index (χ4v) is 5.42. The molecule has 1 aromatic heterocycles. The van der Waals surface area contributed by atoms with Gasteiger partial charge < -0.3 is 19.5 Å². The molecule has 0 aliphatic heterocycles. The van der Waals surface area contributed by atoms with Gasteiger partial charge in [0.2, 0.25) is 0 Å². The number of nitrogens with zero attached hydrogens (tertiary/aromatic N) is 1. The number of hydrogen-bond acceptors (Lipinski definition) is 9. The van der Waals surface area contributed by atoms with Gasteiger partial charge in [-0.2, -0.15) is 5.10 Å². The number of anilines is 1. The molecule has 4 rings (SSSR count). The van der Waals surface area contributed by atoms with E-state index in [0.29, 0.717) is 21.7 Å². The second kappa shape index (κ2) is 13.0. The Balaban J connectivity index is 1.39. The minimum atomic E-state index is -1.01. The van der Waals surface area contributed by atoms with E-state index in [2.05, 4.69) is 15.8 Å². The fraction of sp³-hybridized carbons (Fsp3) is 0.276. The molecule has 10 nitrogen and oxygen atoms in total. The minimum absolute atomic E-state index is 0.201. The van der Waals surface area contributed by atoms with E-state index in [0.717, 1.165) is 41.7 Å². The van der Waals surface area contributed by atoms with Crippen LogP contribution in [0.2, 0.25) is 0 Å². The highest BCUT2D eigenvalue weighted by Gasteiger charge is 2.28. The van der Waals surface area contributed by atoms with Crippen LogP contribution in [0.25, 0.3) is 0 Å². The molecule has 0 saturated heterocycles. The van der Waals surface area contributed by atoms with Crippen LogP contribution in [0.1, 0.15) is 62.0 Å². The smallest absolute Gasteiger partial charge is 0.343 e. The van der Waals surface area contributed by atoms with Crippen LogP contribution >= 0.6 is 11.3 Å². The number of hydrogen-bond donors (Lipinski definition) is 2. The van der Waals surface area contributed by atoms with Crippen molar-refractivity contribution in [3.8, 4) is 11.5 Å². The number of benzene rings is 2. The van der Waals surface area contributed by atoms with Crippen molar-refractivity contribution < 1.29 is 33.4 Å². The number of thiophene rings is 1. The molecule has 2 N–H and O–H groups in total. The van der Waals surface area contributed by atoms with Gasteiger partial charge in [-0.3, -0.25) is 9.59 Å². The number of esters is 2. The van der Waals surface area contributed by atoms with Crippen LogP contribution in [-0.4, -0.2) is 43.7 Å². The van der Waals surface area contributed by atoms with Crippen molar-refractivity contribution in [2.75, 3.05) is 19.0 Å². The highest BCUT2D eigenvalue weighted by molar-refractivity contribution is 7.17. The van der Waals surface area contributed by atoms with Gasteiger partial charge >= 0.3 is 23.8 Å². The molecule has 1 aliphatic carbocycles. The zero-order valence-corrected chi connectivity index (χ0v) is 23.2. The maximum Gasteiger partial charge on any atom is 0.343 e. The number of carbonyl (C=O) groups excluding carboxylic acids is 4. The summed E-state index contributed by atoms with van der Waals surface area (Å²) < 4.78 is 16.0. The van der Waals surface area contributed by atoms with E-state index in [1.165, 1.54) is 30.7 Å². The molecule has 40 heavy (non-hydrogen) atoms. The van der Waals surface area contributed by atoms with Gasteiger partial charge in [0.25, 0.3) is 0 Å². The Bertz CT molecular complexity index is 1460. The van der Waals surface area contributed by atoms with Crippen molar-refractivity contribution in [1.82, 2.24) is 5.43 Å². The van der Waals surface area contributed by atoms with Crippen LogP contribution in [0.5, 0.6) is 11.5 Å². The second-order valence-electron chi connectivity index (χ2n) is 8.95. The maximum absolute atomic E-state index is 12.6. The van der Waals surface area contributed by atoms with Gasteiger partial charge in [-0.25, -0.2) is 15.0 Å². The Labute approximate surface area is 235 Å². The molecule has 0 saturated carbocycles. The van der Waals surface area contributed by atoms with Gasteiger partial charge in [-0.05, 0) is 81.0 Å². The molecule has 208 valence electrons. The summed E-state index contributed by atoms with van der Waals surface area (Å²) in [5.74, 6) is -2.52. The number of rotatable bonds is 8. The van der Waals surface area contributed by atoms with Crippen LogP contribution in [0.3, 0.4) is 0 Å². The second-order valence-corrected chi connectivity index (χ2v) is 10.1. The summed E-state index contributed by atoms with van der Waals surface area (Å²) >= 11 is 1.29.